The molecule has 0 radical (unpaired) electrons. The number of methoxy groups -OCH3 is 1. The molecule has 0 saturated carbocycles. The molecule has 0 amide bonds. The lowest BCUT2D eigenvalue weighted by Crippen LogP contribution is -1.94. The van der Waals surface area contributed by atoms with E-state index in [0.717, 1.165) is 4.58 Å². The molecule has 0 aromatic carbocycles. The highest BCUT2D eigenvalue weighted by Gasteiger charge is 1.89. The van der Waals surface area contributed by atoms with Crippen molar-refractivity contribution in [2.45, 2.75) is 23.9 Å². The standard InChI is InChI=1S/C4H10OS.C4H10S2/c2*1-4(5-2)6-3/h2*4H,1-3H3. The van der Waals surface area contributed by atoms with Crippen LogP contribution < -0.4 is 0 Å². The molecule has 0 N–H and O–H groups in total. The van der Waals surface area contributed by atoms with Crippen LogP contribution >= 0.6 is 35.3 Å². The fraction of sp³-hybridized carbons (Fsp3) is 1.00. The molecule has 12 heavy (non-hydrogen) atoms. The molecule has 0 saturated heterocycles. The van der Waals surface area contributed by atoms with Crippen LogP contribution in [0.4, 0.5) is 0 Å². The van der Waals surface area contributed by atoms with Crippen molar-refractivity contribution in [1.29, 1.82) is 0 Å². The van der Waals surface area contributed by atoms with Crippen molar-refractivity contribution in [3.63, 3.8) is 0 Å². The van der Waals surface area contributed by atoms with Crippen LogP contribution in [0.5, 0.6) is 0 Å². The lowest BCUT2D eigenvalue weighted by Gasteiger charge is -2.01. The Morgan fingerprint density at radius 1 is 0.917 bits per heavy atom. The number of rotatable bonds is 4. The molecule has 1 atom stereocenters. The number of ether oxygens (including phenoxy) is 1. The first-order valence-electron chi connectivity index (χ1n) is 3.73. The Hall–Kier alpha value is 1.01. The third-order valence-corrected chi connectivity index (χ3v) is 4.67. The van der Waals surface area contributed by atoms with Gasteiger partial charge >= 0.3 is 0 Å². The van der Waals surface area contributed by atoms with Crippen LogP contribution in [0.1, 0.15) is 13.8 Å². The van der Waals surface area contributed by atoms with Crippen molar-refractivity contribution in [2.24, 2.45) is 0 Å². The number of hydrogen-bond donors (Lipinski definition) is 0. The van der Waals surface area contributed by atoms with Crippen LogP contribution in [0.25, 0.3) is 0 Å². The maximum atomic E-state index is 4.86. The van der Waals surface area contributed by atoms with Gasteiger partial charge < -0.3 is 4.74 Å². The SMILES string of the molecule is COC(C)SC.CSC(C)SC. The van der Waals surface area contributed by atoms with Crippen molar-refractivity contribution in [2.75, 3.05) is 25.9 Å². The summed E-state index contributed by atoms with van der Waals surface area (Å²) < 4.78 is 5.63. The third kappa shape index (κ3) is 13.6. The Balaban J connectivity index is 0. The van der Waals surface area contributed by atoms with Crippen LogP contribution in [0.2, 0.25) is 0 Å². The quantitative estimate of drug-likeness (QED) is 0.682. The zero-order valence-electron chi connectivity index (χ0n) is 8.79. The fourth-order valence-corrected chi connectivity index (χ4v) is 1.15. The predicted octanol–water partition coefficient (Wildman–Crippen LogP) is 3.40. The van der Waals surface area contributed by atoms with Gasteiger partial charge in [-0.05, 0) is 32.6 Å². The van der Waals surface area contributed by atoms with Gasteiger partial charge in [0.25, 0.3) is 0 Å². The fourth-order valence-electron chi connectivity index (χ4n) is 0.192. The molecular weight excluding hydrogens is 208 g/mol. The van der Waals surface area contributed by atoms with E-state index in [0.29, 0.717) is 5.44 Å². The average Bonchev–Trinajstić information content (AvgIpc) is 2.16. The summed E-state index contributed by atoms with van der Waals surface area (Å²) in [6, 6.07) is 0. The molecule has 0 aromatic rings. The minimum atomic E-state index is 0.352. The summed E-state index contributed by atoms with van der Waals surface area (Å²) in [5, 5.41) is 0. The Labute approximate surface area is 89.8 Å². The van der Waals surface area contributed by atoms with Crippen LogP contribution in [0, 0.1) is 0 Å². The van der Waals surface area contributed by atoms with E-state index in [1.807, 2.05) is 36.7 Å². The highest BCUT2D eigenvalue weighted by molar-refractivity contribution is 8.16. The monoisotopic (exact) mass is 228 g/mol. The van der Waals surface area contributed by atoms with E-state index in [9.17, 15) is 0 Å². The maximum Gasteiger partial charge on any atom is 0.0993 e. The molecule has 0 fully saturated rings. The van der Waals surface area contributed by atoms with Gasteiger partial charge in [0.05, 0.1) is 5.44 Å². The highest BCUT2D eigenvalue weighted by Crippen LogP contribution is 2.15. The second-order valence-electron chi connectivity index (χ2n) is 2.08. The molecule has 0 aromatic heterocycles. The summed E-state index contributed by atoms with van der Waals surface area (Å²) in [4.78, 5) is 0. The molecule has 1 nitrogen and oxygen atoms in total. The Morgan fingerprint density at radius 2 is 1.33 bits per heavy atom. The van der Waals surface area contributed by atoms with E-state index in [-0.39, 0.29) is 0 Å². The van der Waals surface area contributed by atoms with Crippen molar-refractivity contribution in [3.8, 4) is 0 Å². The van der Waals surface area contributed by atoms with Crippen molar-refractivity contribution >= 4 is 35.3 Å². The molecule has 0 aliphatic rings. The first kappa shape index (κ1) is 15.5. The van der Waals surface area contributed by atoms with Gasteiger partial charge in [-0.1, -0.05) is 0 Å². The van der Waals surface area contributed by atoms with Crippen LogP contribution in [-0.2, 0) is 4.74 Å². The highest BCUT2D eigenvalue weighted by atomic mass is 32.2. The third-order valence-electron chi connectivity index (χ3n) is 1.33. The molecule has 76 valence electrons. The largest absolute Gasteiger partial charge is 0.371 e. The maximum absolute atomic E-state index is 4.86. The van der Waals surface area contributed by atoms with Gasteiger partial charge in [0.2, 0.25) is 0 Å². The minimum absolute atomic E-state index is 0.352. The first-order valence-corrected chi connectivity index (χ1v) is 7.59. The van der Waals surface area contributed by atoms with E-state index in [1.54, 1.807) is 18.9 Å². The van der Waals surface area contributed by atoms with Crippen molar-refractivity contribution < 1.29 is 4.74 Å². The van der Waals surface area contributed by atoms with Gasteiger partial charge in [0.15, 0.2) is 0 Å². The summed E-state index contributed by atoms with van der Waals surface area (Å²) in [7, 11) is 1.71. The topological polar surface area (TPSA) is 9.23 Å². The van der Waals surface area contributed by atoms with Gasteiger partial charge in [0.1, 0.15) is 0 Å². The van der Waals surface area contributed by atoms with Crippen molar-refractivity contribution in [3.05, 3.63) is 0 Å². The lowest BCUT2D eigenvalue weighted by atomic mass is 10.9. The molecule has 0 spiro atoms. The Kier molecular flexibility index (Phi) is 15.5. The summed E-state index contributed by atoms with van der Waals surface area (Å²) in [5.41, 5.74) is 0.352. The molecule has 0 bridgehead atoms. The second kappa shape index (κ2) is 12.0. The van der Waals surface area contributed by atoms with Gasteiger partial charge in [-0.2, -0.15) is 23.5 Å². The van der Waals surface area contributed by atoms with E-state index in [1.165, 1.54) is 0 Å². The van der Waals surface area contributed by atoms with Gasteiger partial charge in [-0.3, -0.25) is 0 Å². The zero-order chi connectivity index (χ0) is 9.98. The van der Waals surface area contributed by atoms with Crippen LogP contribution in [0.15, 0.2) is 0 Å². The van der Waals surface area contributed by atoms with E-state index in [4.69, 9.17) is 4.74 Å². The van der Waals surface area contributed by atoms with Gasteiger partial charge in [0, 0.05) is 11.7 Å². The lowest BCUT2D eigenvalue weighted by molar-refractivity contribution is 0.188. The van der Waals surface area contributed by atoms with Crippen LogP contribution in [-0.4, -0.2) is 35.9 Å². The first-order chi connectivity index (χ1) is 5.62. The summed E-state index contributed by atoms with van der Waals surface area (Å²) in [6.45, 7) is 4.22. The number of hydrogen-bond acceptors (Lipinski definition) is 4. The summed E-state index contributed by atoms with van der Waals surface area (Å²) in [5.74, 6) is 0. The predicted molar refractivity (Wildman–Crippen MR) is 66.5 cm³/mol. The van der Waals surface area contributed by atoms with Crippen LogP contribution in [0.3, 0.4) is 0 Å². The Morgan fingerprint density at radius 3 is 1.33 bits per heavy atom. The summed E-state index contributed by atoms with van der Waals surface area (Å²) in [6.07, 6.45) is 6.27. The van der Waals surface area contributed by atoms with E-state index >= 15 is 0 Å². The molecule has 0 rings (SSSR count). The smallest absolute Gasteiger partial charge is 0.0993 e. The van der Waals surface area contributed by atoms with E-state index < -0.39 is 0 Å². The van der Waals surface area contributed by atoms with Crippen molar-refractivity contribution in [1.82, 2.24) is 0 Å². The Bertz CT molecular complexity index is 62.7. The zero-order valence-corrected chi connectivity index (χ0v) is 11.2. The molecule has 0 aliphatic carbocycles. The second-order valence-corrected chi connectivity index (χ2v) is 5.87. The van der Waals surface area contributed by atoms with E-state index in [2.05, 4.69) is 19.4 Å². The van der Waals surface area contributed by atoms with Gasteiger partial charge in [-0.25, -0.2) is 0 Å². The molecule has 0 aliphatic heterocycles. The molecule has 1 unspecified atom stereocenters. The van der Waals surface area contributed by atoms with Gasteiger partial charge in [-0.15, -0.1) is 11.8 Å². The normalized spacial score (nSPS) is 12.2. The molecular formula is C8H20OS3. The summed E-state index contributed by atoms with van der Waals surface area (Å²) >= 11 is 5.48. The average molecular weight is 228 g/mol. The number of thioether (sulfide) groups is 3. The molecule has 0 heterocycles. The molecule has 4 heteroatoms. The minimum Gasteiger partial charge on any atom is -0.371 e.